The predicted octanol–water partition coefficient (Wildman–Crippen LogP) is 3.78. The molecule has 0 unspecified atom stereocenters. The van der Waals surface area contributed by atoms with E-state index in [1.165, 1.54) is 0 Å². The molecular formula is C18H25NO4. The Balaban J connectivity index is 2.10. The van der Waals surface area contributed by atoms with E-state index in [1.54, 1.807) is 4.90 Å². The Kier molecular flexibility index (Phi) is 5.29. The fraction of sp³-hybridized carbons (Fsp3) is 0.556. The first-order valence-corrected chi connectivity index (χ1v) is 8.10. The summed E-state index contributed by atoms with van der Waals surface area (Å²) in [7, 11) is 0. The van der Waals surface area contributed by atoms with Crippen molar-refractivity contribution in [3.8, 4) is 0 Å². The highest BCUT2D eigenvalue weighted by molar-refractivity contribution is 5.89. The van der Waals surface area contributed by atoms with Gasteiger partial charge in [0.05, 0.1) is 5.69 Å². The SMILES string of the molecule is CC(C)(C)OC(=O)N1CCCc2cc(CCCC(=O)O)ccc21. The van der Waals surface area contributed by atoms with E-state index in [1.807, 2.05) is 32.9 Å². The monoisotopic (exact) mass is 319 g/mol. The molecule has 2 rings (SSSR count). The molecule has 1 aromatic carbocycles. The molecule has 0 atom stereocenters. The smallest absolute Gasteiger partial charge is 0.414 e. The third-order valence-electron chi connectivity index (χ3n) is 3.73. The summed E-state index contributed by atoms with van der Waals surface area (Å²) in [5, 5.41) is 8.71. The number of rotatable bonds is 4. The topological polar surface area (TPSA) is 66.8 Å². The molecule has 1 amide bonds. The van der Waals surface area contributed by atoms with Gasteiger partial charge in [-0.15, -0.1) is 0 Å². The largest absolute Gasteiger partial charge is 0.481 e. The van der Waals surface area contributed by atoms with Gasteiger partial charge < -0.3 is 9.84 Å². The van der Waals surface area contributed by atoms with Crippen molar-refractivity contribution in [2.24, 2.45) is 0 Å². The summed E-state index contributed by atoms with van der Waals surface area (Å²) in [5.41, 5.74) is 2.66. The lowest BCUT2D eigenvalue weighted by Gasteiger charge is -2.32. The van der Waals surface area contributed by atoms with Gasteiger partial charge in [-0.25, -0.2) is 4.79 Å². The highest BCUT2D eigenvalue weighted by Crippen LogP contribution is 2.29. The number of fused-ring (bicyclic) bond motifs is 1. The van der Waals surface area contributed by atoms with Gasteiger partial charge in [-0.1, -0.05) is 12.1 Å². The maximum absolute atomic E-state index is 12.3. The van der Waals surface area contributed by atoms with Crippen LogP contribution in [0, 0.1) is 0 Å². The summed E-state index contributed by atoms with van der Waals surface area (Å²) in [4.78, 5) is 24.6. The van der Waals surface area contributed by atoms with E-state index in [0.717, 1.165) is 36.1 Å². The molecule has 1 aliphatic rings. The first-order valence-electron chi connectivity index (χ1n) is 8.10. The summed E-state index contributed by atoms with van der Waals surface area (Å²) in [5.74, 6) is -0.765. The molecular weight excluding hydrogens is 294 g/mol. The number of carbonyl (C=O) groups is 2. The van der Waals surface area contributed by atoms with Crippen molar-refractivity contribution < 1.29 is 19.4 Å². The summed E-state index contributed by atoms with van der Waals surface area (Å²) in [6.45, 7) is 6.25. The van der Waals surface area contributed by atoms with Crippen LogP contribution in [0.4, 0.5) is 10.5 Å². The zero-order chi connectivity index (χ0) is 17.0. The number of aryl methyl sites for hydroxylation is 2. The Morgan fingerprint density at radius 2 is 2.04 bits per heavy atom. The Morgan fingerprint density at radius 3 is 2.70 bits per heavy atom. The molecule has 1 N–H and O–H groups in total. The molecule has 23 heavy (non-hydrogen) atoms. The number of carboxylic acids is 1. The van der Waals surface area contributed by atoms with Gasteiger partial charge >= 0.3 is 12.1 Å². The molecule has 5 nitrogen and oxygen atoms in total. The Morgan fingerprint density at radius 1 is 1.30 bits per heavy atom. The van der Waals surface area contributed by atoms with Crippen LogP contribution in [0.25, 0.3) is 0 Å². The molecule has 0 spiro atoms. The van der Waals surface area contributed by atoms with Crippen LogP contribution in [0.1, 0.15) is 51.2 Å². The minimum absolute atomic E-state index is 0.182. The van der Waals surface area contributed by atoms with Gasteiger partial charge in [0.15, 0.2) is 0 Å². The van der Waals surface area contributed by atoms with E-state index in [-0.39, 0.29) is 12.5 Å². The van der Waals surface area contributed by atoms with Crippen molar-refractivity contribution in [1.82, 2.24) is 0 Å². The number of amides is 1. The zero-order valence-electron chi connectivity index (χ0n) is 14.1. The quantitative estimate of drug-likeness (QED) is 0.917. The lowest BCUT2D eigenvalue weighted by molar-refractivity contribution is -0.137. The van der Waals surface area contributed by atoms with Crippen molar-refractivity contribution in [3.05, 3.63) is 29.3 Å². The molecule has 0 aliphatic carbocycles. The Labute approximate surface area is 137 Å². The number of carboxylic acid groups (broad SMARTS) is 1. The van der Waals surface area contributed by atoms with Crippen LogP contribution in [0.2, 0.25) is 0 Å². The van der Waals surface area contributed by atoms with Gasteiger partial charge in [0.25, 0.3) is 0 Å². The maximum Gasteiger partial charge on any atom is 0.414 e. The molecule has 0 radical (unpaired) electrons. The molecule has 1 aliphatic heterocycles. The number of aliphatic carboxylic acids is 1. The maximum atomic E-state index is 12.3. The summed E-state index contributed by atoms with van der Waals surface area (Å²) in [6, 6.07) is 6.02. The van der Waals surface area contributed by atoms with E-state index in [9.17, 15) is 9.59 Å². The molecule has 0 aromatic heterocycles. The molecule has 1 heterocycles. The molecule has 0 saturated heterocycles. The number of hydrogen-bond donors (Lipinski definition) is 1. The summed E-state index contributed by atoms with van der Waals surface area (Å²) < 4.78 is 5.48. The Hall–Kier alpha value is -2.04. The highest BCUT2D eigenvalue weighted by atomic mass is 16.6. The van der Waals surface area contributed by atoms with Crippen LogP contribution >= 0.6 is 0 Å². The van der Waals surface area contributed by atoms with Crippen LogP contribution in [0.15, 0.2) is 18.2 Å². The number of carbonyl (C=O) groups excluding carboxylic acids is 1. The van der Waals surface area contributed by atoms with Gasteiger partial charge in [0.2, 0.25) is 0 Å². The van der Waals surface area contributed by atoms with E-state index in [0.29, 0.717) is 13.0 Å². The van der Waals surface area contributed by atoms with E-state index < -0.39 is 11.6 Å². The predicted molar refractivity (Wildman–Crippen MR) is 88.9 cm³/mol. The zero-order valence-corrected chi connectivity index (χ0v) is 14.1. The van der Waals surface area contributed by atoms with Crippen LogP contribution in [-0.2, 0) is 22.4 Å². The molecule has 1 aromatic rings. The Bertz CT molecular complexity index is 589. The van der Waals surface area contributed by atoms with Crippen molar-refractivity contribution in [1.29, 1.82) is 0 Å². The van der Waals surface area contributed by atoms with Gasteiger partial charge in [0.1, 0.15) is 5.60 Å². The second-order valence-electron chi connectivity index (χ2n) is 6.95. The van der Waals surface area contributed by atoms with Gasteiger partial charge in [-0.2, -0.15) is 0 Å². The van der Waals surface area contributed by atoms with Crippen LogP contribution in [-0.4, -0.2) is 29.3 Å². The third kappa shape index (κ3) is 4.98. The first kappa shape index (κ1) is 17.3. The second kappa shape index (κ2) is 7.02. The highest BCUT2D eigenvalue weighted by Gasteiger charge is 2.27. The summed E-state index contributed by atoms with van der Waals surface area (Å²) >= 11 is 0. The first-order chi connectivity index (χ1) is 10.8. The van der Waals surface area contributed by atoms with E-state index >= 15 is 0 Å². The average Bonchev–Trinajstić information content (AvgIpc) is 2.44. The number of benzene rings is 1. The van der Waals surface area contributed by atoms with Gasteiger partial charge in [-0.3, -0.25) is 9.69 Å². The van der Waals surface area contributed by atoms with Gasteiger partial charge in [0, 0.05) is 13.0 Å². The summed E-state index contributed by atoms with van der Waals surface area (Å²) in [6.07, 6.45) is 3.08. The normalized spacial score (nSPS) is 14.3. The molecule has 5 heteroatoms. The number of ether oxygens (including phenoxy) is 1. The van der Waals surface area contributed by atoms with Crippen molar-refractivity contribution in [2.75, 3.05) is 11.4 Å². The minimum atomic E-state index is -0.765. The number of anilines is 1. The lowest BCUT2D eigenvalue weighted by Crippen LogP contribution is -2.39. The third-order valence-corrected chi connectivity index (χ3v) is 3.73. The van der Waals surface area contributed by atoms with Crippen LogP contribution < -0.4 is 4.90 Å². The second-order valence-corrected chi connectivity index (χ2v) is 6.95. The number of nitrogens with zero attached hydrogens (tertiary/aromatic N) is 1. The average molecular weight is 319 g/mol. The van der Waals surface area contributed by atoms with Crippen LogP contribution in [0.3, 0.4) is 0 Å². The minimum Gasteiger partial charge on any atom is -0.481 e. The standard InChI is InChI=1S/C18H25NO4/c1-18(2,3)23-17(22)19-11-5-7-14-12-13(9-10-15(14)19)6-4-8-16(20)21/h9-10,12H,4-8,11H2,1-3H3,(H,20,21). The van der Waals surface area contributed by atoms with E-state index in [4.69, 9.17) is 9.84 Å². The molecule has 0 bridgehead atoms. The van der Waals surface area contributed by atoms with Gasteiger partial charge in [-0.05, 0) is 63.6 Å². The van der Waals surface area contributed by atoms with Crippen molar-refractivity contribution in [3.63, 3.8) is 0 Å². The van der Waals surface area contributed by atoms with Crippen LogP contribution in [0.5, 0.6) is 0 Å². The fourth-order valence-corrected chi connectivity index (χ4v) is 2.76. The molecule has 0 fully saturated rings. The van der Waals surface area contributed by atoms with Crippen molar-refractivity contribution in [2.45, 2.75) is 58.5 Å². The lowest BCUT2D eigenvalue weighted by atomic mass is 9.97. The molecule has 126 valence electrons. The molecule has 0 saturated carbocycles. The van der Waals surface area contributed by atoms with E-state index in [2.05, 4.69) is 6.07 Å². The van der Waals surface area contributed by atoms with Crippen molar-refractivity contribution >= 4 is 17.7 Å². The fourth-order valence-electron chi connectivity index (χ4n) is 2.76. The number of hydrogen-bond acceptors (Lipinski definition) is 3.